The highest BCUT2D eigenvalue weighted by Gasteiger charge is 2.31. The predicted molar refractivity (Wildman–Crippen MR) is 150 cm³/mol. The molecule has 1 aromatic carbocycles. The van der Waals surface area contributed by atoms with Crippen LogP contribution in [0.1, 0.15) is 44.1 Å². The number of carbonyl (C=O) groups is 4. The molecule has 2 N–H and O–H groups in total. The van der Waals surface area contributed by atoms with E-state index in [1.807, 2.05) is 36.4 Å². The molecule has 0 bridgehead atoms. The van der Waals surface area contributed by atoms with Gasteiger partial charge in [0.05, 0.1) is 18.2 Å². The normalized spacial score (nSPS) is 14.3. The van der Waals surface area contributed by atoms with Gasteiger partial charge in [-0.2, -0.15) is 0 Å². The first-order valence-corrected chi connectivity index (χ1v) is 13.4. The Morgan fingerprint density at radius 3 is 2.27 bits per heavy atom. The highest BCUT2D eigenvalue weighted by molar-refractivity contribution is 5.97. The van der Waals surface area contributed by atoms with Gasteiger partial charge >= 0.3 is 12.1 Å². The van der Waals surface area contributed by atoms with Gasteiger partial charge in [-0.15, -0.1) is 0 Å². The van der Waals surface area contributed by atoms with Crippen molar-refractivity contribution in [3.8, 4) is 22.4 Å². The molecule has 11 heteroatoms. The van der Waals surface area contributed by atoms with Gasteiger partial charge in [0.15, 0.2) is 0 Å². The number of nitrogens with zero attached hydrogens (tertiary/aromatic N) is 3. The molecule has 41 heavy (non-hydrogen) atoms. The molecular weight excluding hydrogens is 528 g/mol. The Labute approximate surface area is 238 Å². The second kappa shape index (κ2) is 12.7. The molecule has 2 aromatic heterocycles. The fourth-order valence-electron chi connectivity index (χ4n) is 4.48. The molecule has 1 aliphatic rings. The fraction of sp³-hybridized carbons (Fsp3) is 0.367. The van der Waals surface area contributed by atoms with Gasteiger partial charge in [0.25, 0.3) is 5.91 Å². The van der Waals surface area contributed by atoms with Crippen LogP contribution in [0.5, 0.6) is 0 Å². The lowest BCUT2D eigenvalue weighted by Crippen LogP contribution is -2.55. The Hall–Kier alpha value is -4.67. The standard InChI is InChI=1S/C30H34N4O7/c1-30(2,3)41-26(35)10-9-23(28(37)33-12-14-34(15-13-33)29(38)39)32-27(36)25-18-22(21-11-16-40-19-21)17-24(31-25)20-7-5-4-6-8-20/h4-8,11,16-19,23H,9-10,12-15H2,1-3H3,(H,32,36)(H,38,39)/t23-/m0/s1. The van der Waals surface area contributed by atoms with Crippen LogP contribution in [0.25, 0.3) is 22.4 Å². The minimum Gasteiger partial charge on any atom is -0.472 e. The predicted octanol–water partition coefficient (Wildman–Crippen LogP) is 4.05. The summed E-state index contributed by atoms with van der Waals surface area (Å²) in [4.78, 5) is 58.2. The number of benzene rings is 1. The summed E-state index contributed by atoms with van der Waals surface area (Å²) in [5.74, 6) is -1.48. The second-order valence-electron chi connectivity index (χ2n) is 10.8. The Morgan fingerprint density at radius 2 is 1.66 bits per heavy atom. The van der Waals surface area contributed by atoms with E-state index in [1.165, 1.54) is 16.1 Å². The number of aromatic nitrogens is 1. The Bertz CT molecular complexity index is 1380. The fourth-order valence-corrected chi connectivity index (χ4v) is 4.48. The monoisotopic (exact) mass is 562 g/mol. The zero-order chi connectivity index (χ0) is 29.6. The number of hydrogen-bond acceptors (Lipinski definition) is 7. The average molecular weight is 563 g/mol. The van der Waals surface area contributed by atoms with Crippen molar-refractivity contribution in [2.24, 2.45) is 0 Å². The van der Waals surface area contributed by atoms with Crippen molar-refractivity contribution in [3.63, 3.8) is 0 Å². The van der Waals surface area contributed by atoms with Gasteiger partial charge < -0.3 is 29.4 Å². The van der Waals surface area contributed by atoms with Crippen molar-refractivity contribution in [2.45, 2.75) is 45.3 Å². The molecule has 4 rings (SSSR count). The van der Waals surface area contributed by atoms with Gasteiger partial charge in [0.1, 0.15) is 17.3 Å². The zero-order valence-electron chi connectivity index (χ0n) is 23.3. The highest BCUT2D eigenvalue weighted by atomic mass is 16.6. The van der Waals surface area contributed by atoms with Crippen molar-refractivity contribution < 1.29 is 33.4 Å². The number of hydrogen-bond donors (Lipinski definition) is 2. The van der Waals surface area contributed by atoms with E-state index >= 15 is 0 Å². The summed E-state index contributed by atoms with van der Waals surface area (Å²) in [6.07, 6.45) is 1.96. The first-order valence-electron chi connectivity index (χ1n) is 13.4. The SMILES string of the molecule is CC(C)(C)OC(=O)CC[C@H](NC(=O)c1cc(-c2ccoc2)cc(-c2ccccc2)n1)C(=O)N1CCN(C(=O)O)CC1. The molecule has 0 aliphatic carbocycles. The molecule has 1 fully saturated rings. The lowest BCUT2D eigenvalue weighted by molar-refractivity contribution is -0.155. The smallest absolute Gasteiger partial charge is 0.407 e. The lowest BCUT2D eigenvalue weighted by Gasteiger charge is -2.35. The molecule has 0 unspecified atom stereocenters. The summed E-state index contributed by atoms with van der Waals surface area (Å²) < 4.78 is 10.6. The van der Waals surface area contributed by atoms with Crippen LogP contribution in [-0.2, 0) is 14.3 Å². The largest absolute Gasteiger partial charge is 0.472 e. The van der Waals surface area contributed by atoms with Crippen LogP contribution in [0, 0.1) is 0 Å². The van der Waals surface area contributed by atoms with E-state index in [2.05, 4.69) is 10.3 Å². The molecule has 216 valence electrons. The molecule has 3 amide bonds. The van der Waals surface area contributed by atoms with Crippen molar-refractivity contribution >= 4 is 23.9 Å². The van der Waals surface area contributed by atoms with E-state index in [4.69, 9.17) is 9.15 Å². The maximum Gasteiger partial charge on any atom is 0.407 e. The number of furan rings is 1. The quantitative estimate of drug-likeness (QED) is 0.392. The van der Waals surface area contributed by atoms with Crippen molar-refractivity contribution in [3.05, 3.63) is 66.8 Å². The van der Waals surface area contributed by atoms with E-state index in [1.54, 1.807) is 39.2 Å². The van der Waals surface area contributed by atoms with E-state index in [0.29, 0.717) is 11.3 Å². The van der Waals surface area contributed by atoms with Crippen molar-refractivity contribution in [2.75, 3.05) is 26.2 Å². The molecule has 3 aromatic rings. The number of carboxylic acid groups (broad SMARTS) is 1. The number of piperazine rings is 1. The maximum absolute atomic E-state index is 13.6. The van der Waals surface area contributed by atoms with E-state index in [-0.39, 0.29) is 44.7 Å². The number of nitrogens with one attached hydrogen (secondary N) is 1. The van der Waals surface area contributed by atoms with Crippen LogP contribution < -0.4 is 5.32 Å². The highest BCUT2D eigenvalue weighted by Crippen LogP contribution is 2.26. The first kappa shape index (κ1) is 29.3. The van der Waals surface area contributed by atoms with Gasteiger partial charge in [-0.3, -0.25) is 14.4 Å². The summed E-state index contributed by atoms with van der Waals surface area (Å²) in [7, 11) is 0. The molecule has 0 saturated carbocycles. The van der Waals surface area contributed by atoms with Crippen LogP contribution >= 0.6 is 0 Å². The summed E-state index contributed by atoms with van der Waals surface area (Å²) in [5, 5.41) is 12.0. The molecule has 1 saturated heterocycles. The number of esters is 1. The van der Waals surface area contributed by atoms with Crippen LogP contribution in [0.2, 0.25) is 0 Å². The van der Waals surface area contributed by atoms with E-state index in [9.17, 15) is 24.3 Å². The third-order valence-corrected chi connectivity index (χ3v) is 6.50. The Morgan fingerprint density at radius 1 is 0.976 bits per heavy atom. The molecule has 3 heterocycles. The molecule has 0 spiro atoms. The second-order valence-corrected chi connectivity index (χ2v) is 10.8. The number of rotatable bonds is 8. The summed E-state index contributed by atoms with van der Waals surface area (Å²) in [6, 6.07) is 13.6. The van der Waals surface area contributed by atoms with E-state index < -0.39 is 35.5 Å². The average Bonchev–Trinajstić information content (AvgIpc) is 3.49. The minimum atomic E-state index is -1.05. The molecule has 0 radical (unpaired) electrons. The van der Waals surface area contributed by atoms with Crippen LogP contribution in [-0.4, -0.2) is 81.6 Å². The first-order chi connectivity index (χ1) is 19.5. The third-order valence-electron chi connectivity index (χ3n) is 6.50. The van der Waals surface area contributed by atoms with Crippen molar-refractivity contribution in [1.82, 2.24) is 20.1 Å². The topological polar surface area (TPSA) is 142 Å². The number of ether oxygens (including phenoxy) is 1. The van der Waals surface area contributed by atoms with Gasteiger partial charge in [0.2, 0.25) is 5.91 Å². The number of pyridine rings is 1. The van der Waals surface area contributed by atoms with Crippen LogP contribution in [0.4, 0.5) is 4.79 Å². The number of amides is 3. The summed E-state index contributed by atoms with van der Waals surface area (Å²) in [6.45, 7) is 5.92. The van der Waals surface area contributed by atoms with Crippen LogP contribution in [0.3, 0.4) is 0 Å². The minimum absolute atomic E-state index is 0.00555. The zero-order valence-corrected chi connectivity index (χ0v) is 23.3. The Kier molecular flexibility index (Phi) is 9.06. The van der Waals surface area contributed by atoms with E-state index in [0.717, 1.165) is 11.1 Å². The van der Waals surface area contributed by atoms with Crippen LogP contribution in [0.15, 0.2) is 65.5 Å². The van der Waals surface area contributed by atoms with Gasteiger partial charge in [-0.05, 0) is 51.0 Å². The summed E-state index contributed by atoms with van der Waals surface area (Å²) >= 11 is 0. The summed E-state index contributed by atoms with van der Waals surface area (Å²) in [5.41, 5.74) is 2.23. The maximum atomic E-state index is 13.6. The molecular formula is C30H34N4O7. The molecule has 1 aliphatic heterocycles. The van der Waals surface area contributed by atoms with Gasteiger partial charge in [-0.25, -0.2) is 9.78 Å². The van der Waals surface area contributed by atoms with Crippen molar-refractivity contribution in [1.29, 1.82) is 0 Å². The number of carbonyl (C=O) groups excluding carboxylic acids is 3. The van der Waals surface area contributed by atoms with Gasteiger partial charge in [0, 0.05) is 43.7 Å². The Balaban J connectivity index is 1.59. The lowest BCUT2D eigenvalue weighted by atomic mass is 10.0. The van der Waals surface area contributed by atoms with Gasteiger partial charge in [-0.1, -0.05) is 30.3 Å². The molecule has 11 nitrogen and oxygen atoms in total. The molecule has 1 atom stereocenters. The third kappa shape index (κ3) is 7.93.